The molecule has 2 N–H and O–H groups in total. The maximum atomic E-state index is 12.3. The van der Waals surface area contributed by atoms with Gasteiger partial charge in [-0.3, -0.25) is 4.79 Å². The molecule has 2 aromatic rings. The predicted octanol–water partition coefficient (Wildman–Crippen LogP) is 2.98. The molecule has 132 valence electrons. The Bertz CT molecular complexity index is 675. The highest BCUT2D eigenvalue weighted by Crippen LogP contribution is 2.22. The molecule has 0 saturated carbocycles. The van der Waals surface area contributed by atoms with Gasteiger partial charge in [-0.15, -0.1) is 0 Å². The molecule has 1 aliphatic rings. The largest absolute Gasteiger partial charge is 0.457 e. The van der Waals surface area contributed by atoms with E-state index in [2.05, 4.69) is 19.2 Å². The van der Waals surface area contributed by atoms with Gasteiger partial charge >= 0.3 is 0 Å². The van der Waals surface area contributed by atoms with Gasteiger partial charge < -0.3 is 15.0 Å². The van der Waals surface area contributed by atoms with Crippen LogP contribution in [-0.2, 0) is 4.79 Å². The first-order chi connectivity index (χ1) is 12.1. The molecule has 1 fully saturated rings. The summed E-state index contributed by atoms with van der Waals surface area (Å²) in [5.74, 6) is 3.03. The Balaban J connectivity index is 1.51. The van der Waals surface area contributed by atoms with Crippen LogP contribution in [0.2, 0.25) is 0 Å². The molecule has 0 spiro atoms. The number of quaternary nitrogens is 1. The third-order valence-corrected chi connectivity index (χ3v) is 4.61. The maximum absolute atomic E-state index is 12.3. The number of amides is 1. The number of benzene rings is 2. The number of carbonyl (C=O) groups excluding carboxylic acids is 1. The van der Waals surface area contributed by atoms with Crippen LogP contribution in [0.15, 0.2) is 54.6 Å². The number of ether oxygens (including phenoxy) is 1. The van der Waals surface area contributed by atoms with Crippen molar-refractivity contribution < 1.29 is 14.4 Å². The molecule has 2 aromatic carbocycles. The van der Waals surface area contributed by atoms with Crippen LogP contribution in [0.3, 0.4) is 0 Å². The van der Waals surface area contributed by atoms with Crippen molar-refractivity contribution in [3.8, 4) is 11.5 Å². The topological polar surface area (TPSA) is 42.8 Å². The van der Waals surface area contributed by atoms with E-state index >= 15 is 0 Å². The van der Waals surface area contributed by atoms with Gasteiger partial charge in [-0.2, -0.15) is 0 Å². The van der Waals surface area contributed by atoms with E-state index in [1.165, 1.54) is 11.3 Å². The number of anilines is 1. The summed E-state index contributed by atoms with van der Waals surface area (Å²) in [6.45, 7) is 7.26. The normalized spacial score (nSPS) is 23.0. The highest BCUT2D eigenvalue weighted by molar-refractivity contribution is 5.91. The Hall–Kier alpha value is -2.33. The van der Waals surface area contributed by atoms with Gasteiger partial charge in [0.25, 0.3) is 5.91 Å². The van der Waals surface area contributed by atoms with Gasteiger partial charge in [-0.05, 0) is 42.8 Å². The molecule has 2 atom stereocenters. The molecular weight excluding hydrogens is 312 g/mol. The molecule has 0 bridgehead atoms. The summed E-state index contributed by atoms with van der Waals surface area (Å²) in [7, 11) is 0. The molecule has 0 radical (unpaired) electrons. The molecule has 3 rings (SSSR count). The minimum atomic E-state index is 0.0769. The zero-order valence-corrected chi connectivity index (χ0v) is 15.0. The standard InChI is InChI=1S/C21H26N2O2/c1-16-12-17(2)14-23(13-16)15-21(24)22-18-8-10-20(11-9-18)25-19-6-4-3-5-7-19/h3-11,16-17H,12-15H2,1-2H3,(H,22,24)/p+1/t16-,17-/m1/s1. The Morgan fingerprint density at radius 2 is 1.60 bits per heavy atom. The minimum Gasteiger partial charge on any atom is -0.457 e. The van der Waals surface area contributed by atoms with E-state index in [1.807, 2.05) is 54.6 Å². The molecular formula is C21H27N2O2+. The van der Waals surface area contributed by atoms with Gasteiger partial charge in [0, 0.05) is 17.5 Å². The second kappa shape index (κ2) is 8.17. The summed E-state index contributed by atoms with van der Waals surface area (Å²) in [4.78, 5) is 13.7. The number of rotatable bonds is 5. The van der Waals surface area contributed by atoms with Gasteiger partial charge in [0.2, 0.25) is 0 Å². The zero-order valence-electron chi connectivity index (χ0n) is 15.0. The molecule has 1 heterocycles. The van der Waals surface area contributed by atoms with Crippen LogP contribution in [-0.4, -0.2) is 25.5 Å². The lowest BCUT2D eigenvalue weighted by atomic mass is 9.92. The van der Waals surface area contributed by atoms with Crippen LogP contribution in [0.5, 0.6) is 11.5 Å². The van der Waals surface area contributed by atoms with Crippen LogP contribution in [0, 0.1) is 11.8 Å². The molecule has 4 nitrogen and oxygen atoms in total. The smallest absolute Gasteiger partial charge is 0.279 e. The first-order valence-corrected chi connectivity index (χ1v) is 9.05. The van der Waals surface area contributed by atoms with Gasteiger partial charge in [-0.25, -0.2) is 0 Å². The average Bonchev–Trinajstić information content (AvgIpc) is 2.56. The Labute approximate surface area is 149 Å². The highest BCUT2D eigenvalue weighted by atomic mass is 16.5. The first kappa shape index (κ1) is 17.5. The van der Waals surface area contributed by atoms with Crippen LogP contribution < -0.4 is 15.0 Å². The molecule has 0 aliphatic carbocycles. The Kier molecular flexibility index (Phi) is 5.71. The van der Waals surface area contributed by atoms with Crippen molar-refractivity contribution >= 4 is 11.6 Å². The molecule has 0 aromatic heterocycles. The van der Waals surface area contributed by atoms with E-state index in [1.54, 1.807) is 0 Å². The number of hydrogen-bond acceptors (Lipinski definition) is 2. The lowest BCUT2D eigenvalue weighted by Crippen LogP contribution is -3.15. The van der Waals surface area contributed by atoms with E-state index in [-0.39, 0.29) is 5.91 Å². The van der Waals surface area contributed by atoms with Gasteiger partial charge in [-0.1, -0.05) is 32.0 Å². The van der Waals surface area contributed by atoms with Crippen molar-refractivity contribution in [1.29, 1.82) is 0 Å². The summed E-state index contributed by atoms with van der Waals surface area (Å²) >= 11 is 0. The van der Waals surface area contributed by atoms with E-state index in [4.69, 9.17) is 4.74 Å². The fourth-order valence-corrected chi connectivity index (χ4v) is 3.73. The summed E-state index contributed by atoms with van der Waals surface area (Å²) in [5.41, 5.74) is 0.808. The van der Waals surface area contributed by atoms with Crippen molar-refractivity contribution in [3.63, 3.8) is 0 Å². The van der Waals surface area contributed by atoms with Crippen molar-refractivity contribution in [2.45, 2.75) is 20.3 Å². The lowest BCUT2D eigenvalue weighted by molar-refractivity contribution is -0.904. The van der Waals surface area contributed by atoms with Crippen LogP contribution in [0.4, 0.5) is 5.69 Å². The summed E-state index contributed by atoms with van der Waals surface area (Å²) in [5, 5.41) is 2.99. The fourth-order valence-electron chi connectivity index (χ4n) is 3.73. The number of hydrogen-bond donors (Lipinski definition) is 2. The zero-order chi connectivity index (χ0) is 17.6. The molecule has 0 unspecified atom stereocenters. The Morgan fingerprint density at radius 3 is 2.24 bits per heavy atom. The van der Waals surface area contributed by atoms with Crippen molar-refractivity contribution in [3.05, 3.63) is 54.6 Å². The number of para-hydroxylation sites is 1. The van der Waals surface area contributed by atoms with Gasteiger partial charge in [0.1, 0.15) is 11.5 Å². The summed E-state index contributed by atoms with van der Waals surface area (Å²) in [6.07, 6.45) is 1.27. The number of likely N-dealkylation sites (tertiary alicyclic amines) is 1. The quantitative estimate of drug-likeness (QED) is 0.879. The Morgan fingerprint density at radius 1 is 1.00 bits per heavy atom. The number of piperidine rings is 1. The second-order valence-corrected chi connectivity index (χ2v) is 7.27. The van der Waals surface area contributed by atoms with E-state index in [0.717, 1.165) is 30.3 Å². The maximum Gasteiger partial charge on any atom is 0.279 e. The summed E-state index contributed by atoms with van der Waals surface area (Å²) in [6, 6.07) is 17.2. The predicted molar refractivity (Wildman–Crippen MR) is 100 cm³/mol. The van der Waals surface area contributed by atoms with Crippen LogP contribution >= 0.6 is 0 Å². The van der Waals surface area contributed by atoms with Crippen molar-refractivity contribution in [1.82, 2.24) is 0 Å². The second-order valence-electron chi connectivity index (χ2n) is 7.27. The van der Waals surface area contributed by atoms with Gasteiger partial charge in [0.05, 0.1) is 13.1 Å². The molecule has 1 aliphatic heterocycles. The van der Waals surface area contributed by atoms with Gasteiger partial charge in [0.15, 0.2) is 6.54 Å². The molecule has 4 heteroatoms. The molecule has 1 amide bonds. The highest BCUT2D eigenvalue weighted by Gasteiger charge is 2.26. The minimum absolute atomic E-state index is 0.0769. The number of carbonyl (C=O) groups is 1. The van der Waals surface area contributed by atoms with Crippen molar-refractivity contribution in [2.24, 2.45) is 11.8 Å². The van der Waals surface area contributed by atoms with E-state index in [9.17, 15) is 4.79 Å². The first-order valence-electron chi connectivity index (χ1n) is 9.05. The number of nitrogens with one attached hydrogen (secondary N) is 2. The van der Waals surface area contributed by atoms with Crippen LogP contribution in [0.1, 0.15) is 20.3 Å². The SMILES string of the molecule is C[C@@H]1C[C@@H](C)C[NH+](CC(=O)Nc2ccc(Oc3ccccc3)cc2)C1. The van der Waals surface area contributed by atoms with E-state index in [0.29, 0.717) is 18.4 Å². The van der Waals surface area contributed by atoms with Crippen molar-refractivity contribution in [2.75, 3.05) is 25.0 Å². The van der Waals surface area contributed by atoms with Crippen LogP contribution in [0.25, 0.3) is 0 Å². The van der Waals surface area contributed by atoms with E-state index < -0.39 is 0 Å². The third kappa shape index (κ3) is 5.33. The fraction of sp³-hybridized carbons (Fsp3) is 0.381. The molecule has 25 heavy (non-hydrogen) atoms. The third-order valence-electron chi connectivity index (χ3n) is 4.61. The lowest BCUT2D eigenvalue weighted by Gasteiger charge is -2.31. The average molecular weight is 339 g/mol. The monoisotopic (exact) mass is 339 g/mol. The summed E-state index contributed by atoms with van der Waals surface area (Å²) < 4.78 is 5.77. The molecule has 1 saturated heterocycles.